The summed E-state index contributed by atoms with van der Waals surface area (Å²) < 4.78 is 0. The van der Waals surface area contributed by atoms with Gasteiger partial charge in [-0.15, -0.1) is 0 Å². The predicted molar refractivity (Wildman–Crippen MR) is 104 cm³/mol. The van der Waals surface area contributed by atoms with Gasteiger partial charge in [0, 0.05) is 19.6 Å². The molecule has 1 heterocycles. The summed E-state index contributed by atoms with van der Waals surface area (Å²) in [7, 11) is 6.11. The second kappa shape index (κ2) is 10.5. The van der Waals surface area contributed by atoms with E-state index in [-0.39, 0.29) is 11.9 Å². The Kier molecular flexibility index (Phi) is 8.38. The number of carbonyl (C=O) groups excluding carboxylic acids is 1. The number of likely N-dealkylation sites (N-methyl/N-ethyl adjacent to an activating group) is 2. The molecule has 2 rings (SSSR count). The molecule has 1 fully saturated rings. The lowest BCUT2D eigenvalue weighted by atomic mass is 10.0. The highest BCUT2D eigenvalue weighted by atomic mass is 16.2. The van der Waals surface area contributed by atoms with Gasteiger partial charge in [0.15, 0.2) is 0 Å². The van der Waals surface area contributed by atoms with Crippen molar-refractivity contribution in [1.29, 1.82) is 0 Å². The molecule has 0 aliphatic carbocycles. The number of benzene rings is 1. The smallest absolute Gasteiger partial charge is 0.234 e. The Morgan fingerprint density at radius 1 is 1.08 bits per heavy atom. The molecule has 1 aromatic carbocycles. The van der Waals surface area contributed by atoms with Gasteiger partial charge in [0.05, 0.1) is 12.6 Å². The summed E-state index contributed by atoms with van der Waals surface area (Å²) in [6, 6.07) is 10.4. The third-order valence-electron chi connectivity index (χ3n) is 4.77. The van der Waals surface area contributed by atoms with Gasteiger partial charge < -0.3 is 15.1 Å². The number of carbonyl (C=O) groups is 1. The summed E-state index contributed by atoms with van der Waals surface area (Å²) in [4.78, 5) is 19.2. The maximum Gasteiger partial charge on any atom is 0.234 e. The fourth-order valence-electron chi connectivity index (χ4n) is 3.25. The van der Waals surface area contributed by atoms with Gasteiger partial charge in [0.2, 0.25) is 5.91 Å². The molecule has 1 amide bonds. The minimum Gasteiger partial charge on any atom is -0.347 e. The van der Waals surface area contributed by atoms with Gasteiger partial charge in [-0.25, -0.2) is 0 Å². The van der Waals surface area contributed by atoms with Crippen LogP contribution in [0, 0.1) is 0 Å². The normalized spacial score (nSPS) is 17.0. The van der Waals surface area contributed by atoms with Crippen LogP contribution < -0.4 is 5.32 Å². The topological polar surface area (TPSA) is 38.8 Å². The Morgan fingerprint density at radius 3 is 2.40 bits per heavy atom. The second-order valence-electron chi connectivity index (χ2n) is 7.43. The molecule has 0 aromatic heterocycles. The minimum atomic E-state index is 0.0639. The van der Waals surface area contributed by atoms with Crippen LogP contribution in [0.15, 0.2) is 30.3 Å². The van der Waals surface area contributed by atoms with Gasteiger partial charge in [0.1, 0.15) is 0 Å². The number of nitrogens with zero attached hydrogens (tertiary/aromatic N) is 3. The van der Waals surface area contributed by atoms with Crippen molar-refractivity contribution >= 4 is 5.91 Å². The molecule has 0 bridgehead atoms. The lowest BCUT2D eigenvalue weighted by Gasteiger charge is -2.31. The van der Waals surface area contributed by atoms with Crippen LogP contribution in [0.25, 0.3) is 0 Å². The molecule has 25 heavy (non-hydrogen) atoms. The highest BCUT2D eigenvalue weighted by Gasteiger charge is 2.20. The summed E-state index contributed by atoms with van der Waals surface area (Å²) in [5.41, 5.74) is 1.19. The Morgan fingerprint density at radius 2 is 1.76 bits per heavy atom. The first-order valence-corrected chi connectivity index (χ1v) is 9.44. The Bertz CT molecular complexity index is 500. The maximum absolute atomic E-state index is 12.5. The van der Waals surface area contributed by atoms with Gasteiger partial charge >= 0.3 is 0 Å². The molecule has 5 heteroatoms. The van der Waals surface area contributed by atoms with Crippen molar-refractivity contribution in [3.8, 4) is 0 Å². The first kappa shape index (κ1) is 19.9. The van der Waals surface area contributed by atoms with Crippen molar-refractivity contribution in [1.82, 2.24) is 20.0 Å². The summed E-state index contributed by atoms with van der Waals surface area (Å²) in [6.07, 6.45) is 3.86. The van der Waals surface area contributed by atoms with E-state index in [0.29, 0.717) is 6.54 Å². The van der Waals surface area contributed by atoms with Gasteiger partial charge in [-0.3, -0.25) is 9.69 Å². The molecular weight excluding hydrogens is 312 g/mol. The summed E-state index contributed by atoms with van der Waals surface area (Å²) in [5.74, 6) is 0.104. The fraction of sp³-hybridized carbons (Fsp3) is 0.650. The van der Waals surface area contributed by atoms with Crippen LogP contribution >= 0.6 is 0 Å². The molecule has 0 saturated carbocycles. The van der Waals surface area contributed by atoms with Crippen LogP contribution in [0.3, 0.4) is 0 Å². The molecule has 1 atom stereocenters. The van der Waals surface area contributed by atoms with E-state index in [9.17, 15) is 4.79 Å². The summed E-state index contributed by atoms with van der Waals surface area (Å²) >= 11 is 0. The van der Waals surface area contributed by atoms with Crippen LogP contribution in [-0.4, -0.2) is 81.0 Å². The Hall–Kier alpha value is -1.43. The molecular formula is C20H34N4O. The standard InChI is InChI=1S/C20H34N4O/c1-22(2)14-15-23(3)17-20(25)21-19(18-10-6-4-7-11-18)16-24-12-8-5-9-13-24/h4,6-7,10-11,19H,5,8-9,12-17H2,1-3H3,(H,21,25)/t19-/m0/s1. The molecule has 0 radical (unpaired) electrons. The fourth-order valence-corrected chi connectivity index (χ4v) is 3.25. The average Bonchev–Trinajstić information content (AvgIpc) is 2.61. The van der Waals surface area contributed by atoms with Gasteiger partial charge in [-0.05, 0) is 52.6 Å². The van der Waals surface area contributed by atoms with Gasteiger partial charge in [-0.1, -0.05) is 36.8 Å². The third-order valence-corrected chi connectivity index (χ3v) is 4.77. The largest absolute Gasteiger partial charge is 0.347 e. The van der Waals surface area contributed by atoms with E-state index >= 15 is 0 Å². The molecule has 1 saturated heterocycles. The Labute approximate surface area is 153 Å². The lowest BCUT2D eigenvalue weighted by Crippen LogP contribution is -2.43. The average molecular weight is 347 g/mol. The van der Waals surface area contributed by atoms with Crippen molar-refractivity contribution in [2.45, 2.75) is 25.3 Å². The second-order valence-corrected chi connectivity index (χ2v) is 7.43. The van der Waals surface area contributed by atoms with Crippen molar-refractivity contribution < 1.29 is 4.79 Å². The minimum absolute atomic E-state index is 0.0639. The third kappa shape index (κ3) is 7.55. The van der Waals surface area contributed by atoms with E-state index in [1.54, 1.807) is 0 Å². The first-order chi connectivity index (χ1) is 12.0. The van der Waals surface area contributed by atoms with Crippen molar-refractivity contribution in [2.24, 2.45) is 0 Å². The van der Waals surface area contributed by atoms with Crippen LogP contribution in [0.1, 0.15) is 30.9 Å². The van der Waals surface area contributed by atoms with E-state index in [1.807, 2.05) is 25.2 Å². The number of nitrogens with one attached hydrogen (secondary N) is 1. The highest BCUT2D eigenvalue weighted by Crippen LogP contribution is 2.17. The number of piperidine rings is 1. The quantitative estimate of drug-likeness (QED) is 0.740. The molecule has 1 N–H and O–H groups in total. The molecule has 140 valence electrons. The SMILES string of the molecule is CN(C)CCN(C)CC(=O)N[C@@H](CN1CCCCC1)c1ccccc1. The molecule has 0 spiro atoms. The van der Waals surface area contributed by atoms with Gasteiger partial charge in [0.25, 0.3) is 0 Å². The van der Waals surface area contributed by atoms with Crippen LogP contribution in [0.5, 0.6) is 0 Å². The molecule has 1 aliphatic rings. The van der Waals surface area contributed by atoms with E-state index in [4.69, 9.17) is 0 Å². The molecule has 0 unspecified atom stereocenters. The maximum atomic E-state index is 12.5. The number of amides is 1. The monoisotopic (exact) mass is 346 g/mol. The Balaban J connectivity index is 1.91. The molecule has 1 aromatic rings. The molecule has 1 aliphatic heterocycles. The predicted octanol–water partition coefficient (Wildman–Crippen LogP) is 1.82. The van der Waals surface area contributed by atoms with E-state index in [2.05, 4.69) is 46.2 Å². The van der Waals surface area contributed by atoms with Crippen LogP contribution in [-0.2, 0) is 4.79 Å². The first-order valence-electron chi connectivity index (χ1n) is 9.44. The van der Waals surface area contributed by atoms with E-state index in [1.165, 1.54) is 24.8 Å². The number of likely N-dealkylation sites (tertiary alicyclic amines) is 1. The summed E-state index contributed by atoms with van der Waals surface area (Å²) in [6.45, 7) is 5.47. The van der Waals surface area contributed by atoms with Crippen molar-refractivity contribution in [3.05, 3.63) is 35.9 Å². The zero-order valence-corrected chi connectivity index (χ0v) is 16.1. The summed E-state index contributed by atoms with van der Waals surface area (Å²) in [5, 5.41) is 3.26. The van der Waals surface area contributed by atoms with E-state index < -0.39 is 0 Å². The lowest BCUT2D eigenvalue weighted by molar-refractivity contribution is -0.122. The van der Waals surface area contributed by atoms with Crippen molar-refractivity contribution in [2.75, 3.05) is 60.4 Å². The highest BCUT2D eigenvalue weighted by molar-refractivity contribution is 5.78. The van der Waals surface area contributed by atoms with E-state index in [0.717, 1.165) is 32.7 Å². The van der Waals surface area contributed by atoms with Crippen LogP contribution in [0.2, 0.25) is 0 Å². The zero-order valence-electron chi connectivity index (χ0n) is 16.1. The number of rotatable bonds is 9. The number of hydrogen-bond acceptors (Lipinski definition) is 4. The number of hydrogen-bond donors (Lipinski definition) is 1. The van der Waals surface area contributed by atoms with Crippen LogP contribution in [0.4, 0.5) is 0 Å². The zero-order chi connectivity index (χ0) is 18.1. The van der Waals surface area contributed by atoms with Gasteiger partial charge in [-0.2, -0.15) is 0 Å². The molecule has 5 nitrogen and oxygen atoms in total. The van der Waals surface area contributed by atoms with Crippen molar-refractivity contribution in [3.63, 3.8) is 0 Å².